The fraction of sp³-hybridized carbons (Fsp3) is 0.417. The molecule has 1 atom stereocenters. The smallest absolute Gasteiger partial charge is 0.171 e. The Morgan fingerprint density at radius 2 is 1.87 bits per heavy atom. The molecular weight excluding hydrogens is 198 g/mol. The van der Waals surface area contributed by atoms with Crippen LogP contribution in [0.1, 0.15) is 37.0 Å². The van der Waals surface area contributed by atoms with Crippen molar-refractivity contribution in [1.82, 2.24) is 0 Å². The van der Waals surface area contributed by atoms with Gasteiger partial charge in [0.05, 0.1) is 5.56 Å². The van der Waals surface area contributed by atoms with Gasteiger partial charge in [0.15, 0.2) is 5.78 Å². The van der Waals surface area contributed by atoms with Crippen LogP contribution in [0.2, 0.25) is 0 Å². The standard InChI is InChI=1S/C12H14F2O/c1-3-5-8(2)12(15)11-9(13)6-4-7-10(11)14/h4,6-8H,3,5H2,1-2H3. The normalized spacial score (nSPS) is 12.5. The van der Waals surface area contributed by atoms with Gasteiger partial charge in [-0.15, -0.1) is 0 Å². The average molecular weight is 212 g/mol. The number of rotatable bonds is 4. The molecule has 82 valence electrons. The van der Waals surface area contributed by atoms with Crippen molar-refractivity contribution in [1.29, 1.82) is 0 Å². The predicted molar refractivity (Wildman–Crippen MR) is 54.8 cm³/mol. The third-order valence-corrected chi connectivity index (χ3v) is 2.38. The van der Waals surface area contributed by atoms with E-state index in [2.05, 4.69) is 0 Å². The lowest BCUT2D eigenvalue weighted by molar-refractivity contribution is 0.0915. The molecule has 15 heavy (non-hydrogen) atoms. The van der Waals surface area contributed by atoms with Gasteiger partial charge in [-0.2, -0.15) is 0 Å². The Morgan fingerprint density at radius 1 is 1.33 bits per heavy atom. The van der Waals surface area contributed by atoms with Crippen LogP contribution in [0.5, 0.6) is 0 Å². The summed E-state index contributed by atoms with van der Waals surface area (Å²) in [5.74, 6) is -2.33. The summed E-state index contributed by atoms with van der Waals surface area (Å²) in [6.45, 7) is 3.62. The van der Waals surface area contributed by atoms with Crippen LogP contribution in [0.15, 0.2) is 18.2 Å². The molecule has 0 heterocycles. The van der Waals surface area contributed by atoms with Gasteiger partial charge < -0.3 is 0 Å². The molecule has 1 aromatic carbocycles. The Morgan fingerprint density at radius 3 is 2.33 bits per heavy atom. The number of carbonyl (C=O) groups is 1. The number of carbonyl (C=O) groups excluding carboxylic acids is 1. The maximum Gasteiger partial charge on any atom is 0.171 e. The topological polar surface area (TPSA) is 17.1 Å². The van der Waals surface area contributed by atoms with Gasteiger partial charge in [-0.05, 0) is 18.6 Å². The number of halogens is 2. The lowest BCUT2D eigenvalue weighted by Crippen LogP contribution is -2.14. The molecule has 0 aliphatic heterocycles. The molecule has 0 aromatic heterocycles. The minimum absolute atomic E-state index is 0.332. The lowest BCUT2D eigenvalue weighted by atomic mass is 9.95. The minimum atomic E-state index is -0.775. The summed E-state index contributed by atoms with van der Waals surface area (Å²) in [5.41, 5.74) is -0.404. The first kappa shape index (κ1) is 11.8. The van der Waals surface area contributed by atoms with E-state index < -0.39 is 23.0 Å². The molecule has 0 aliphatic rings. The van der Waals surface area contributed by atoms with Crippen molar-refractivity contribution in [3.05, 3.63) is 35.4 Å². The first-order chi connectivity index (χ1) is 7.07. The first-order valence-corrected chi connectivity index (χ1v) is 5.06. The van der Waals surface area contributed by atoms with Crippen LogP contribution in [-0.2, 0) is 0 Å². The zero-order valence-electron chi connectivity index (χ0n) is 8.89. The number of Topliss-reactive ketones (excluding diaryl/α,β-unsaturated/α-hetero) is 1. The molecule has 0 amide bonds. The van der Waals surface area contributed by atoms with Crippen LogP contribution < -0.4 is 0 Å². The van der Waals surface area contributed by atoms with E-state index in [0.29, 0.717) is 6.42 Å². The highest BCUT2D eigenvalue weighted by atomic mass is 19.1. The Bertz CT molecular complexity index is 340. The van der Waals surface area contributed by atoms with Crippen molar-refractivity contribution >= 4 is 5.78 Å². The van der Waals surface area contributed by atoms with Gasteiger partial charge in [0.1, 0.15) is 11.6 Å². The quantitative estimate of drug-likeness (QED) is 0.697. The molecular formula is C12H14F2O. The maximum absolute atomic E-state index is 13.2. The molecule has 0 saturated heterocycles. The molecule has 1 unspecified atom stereocenters. The van der Waals surface area contributed by atoms with Crippen LogP contribution in [-0.4, -0.2) is 5.78 Å². The van der Waals surface area contributed by atoms with Crippen LogP contribution in [0.4, 0.5) is 8.78 Å². The molecule has 1 aromatic rings. The summed E-state index contributed by atoms with van der Waals surface area (Å²) in [7, 11) is 0. The molecule has 0 N–H and O–H groups in total. The summed E-state index contributed by atoms with van der Waals surface area (Å²) < 4.78 is 26.5. The van der Waals surface area contributed by atoms with Crippen molar-refractivity contribution in [3.8, 4) is 0 Å². The van der Waals surface area contributed by atoms with E-state index in [9.17, 15) is 13.6 Å². The number of ketones is 1. The molecule has 0 bridgehead atoms. The third kappa shape index (κ3) is 2.61. The molecule has 0 saturated carbocycles. The SMILES string of the molecule is CCCC(C)C(=O)c1c(F)cccc1F. The van der Waals surface area contributed by atoms with E-state index >= 15 is 0 Å². The maximum atomic E-state index is 13.2. The minimum Gasteiger partial charge on any atom is -0.294 e. The van der Waals surface area contributed by atoms with Crippen LogP contribution in [0, 0.1) is 17.6 Å². The highest BCUT2D eigenvalue weighted by Crippen LogP contribution is 2.19. The van der Waals surface area contributed by atoms with Gasteiger partial charge in [-0.1, -0.05) is 26.3 Å². The van der Waals surface area contributed by atoms with Gasteiger partial charge in [0, 0.05) is 5.92 Å². The van der Waals surface area contributed by atoms with Crippen LogP contribution >= 0.6 is 0 Å². The first-order valence-electron chi connectivity index (χ1n) is 5.06. The van der Waals surface area contributed by atoms with E-state index in [0.717, 1.165) is 18.6 Å². The van der Waals surface area contributed by atoms with E-state index in [-0.39, 0.29) is 5.92 Å². The molecule has 0 spiro atoms. The van der Waals surface area contributed by atoms with E-state index in [1.54, 1.807) is 6.92 Å². The molecule has 1 nitrogen and oxygen atoms in total. The number of benzene rings is 1. The lowest BCUT2D eigenvalue weighted by Gasteiger charge is -2.10. The summed E-state index contributed by atoms with van der Waals surface area (Å²) in [6.07, 6.45) is 1.47. The van der Waals surface area contributed by atoms with Crippen molar-refractivity contribution < 1.29 is 13.6 Å². The molecule has 0 radical (unpaired) electrons. The highest BCUT2D eigenvalue weighted by molar-refractivity contribution is 5.98. The number of hydrogen-bond acceptors (Lipinski definition) is 1. The van der Waals surface area contributed by atoms with Crippen molar-refractivity contribution in [2.45, 2.75) is 26.7 Å². The average Bonchev–Trinajstić information content (AvgIpc) is 2.17. The van der Waals surface area contributed by atoms with Gasteiger partial charge >= 0.3 is 0 Å². The van der Waals surface area contributed by atoms with Gasteiger partial charge in [0.2, 0.25) is 0 Å². The van der Waals surface area contributed by atoms with Gasteiger partial charge in [-0.3, -0.25) is 4.79 Å². The zero-order valence-corrected chi connectivity index (χ0v) is 8.89. The van der Waals surface area contributed by atoms with E-state index in [4.69, 9.17) is 0 Å². The summed E-state index contributed by atoms with van der Waals surface area (Å²) in [5, 5.41) is 0. The van der Waals surface area contributed by atoms with E-state index in [1.165, 1.54) is 6.07 Å². The molecule has 1 rings (SSSR count). The van der Waals surface area contributed by atoms with Crippen LogP contribution in [0.3, 0.4) is 0 Å². The Balaban J connectivity index is 3.00. The second kappa shape index (κ2) is 5.01. The highest BCUT2D eigenvalue weighted by Gasteiger charge is 2.21. The zero-order chi connectivity index (χ0) is 11.4. The fourth-order valence-corrected chi connectivity index (χ4v) is 1.54. The van der Waals surface area contributed by atoms with Crippen molar-refractivity contribution in [3.63, 3.8) is 0 Å². The predicted octanol–water partition coefficient (Wildman–Crippen LogP) is 3.58. The van der Waals surface area contributed by atoms with Gasteiger partial charge in [-0.25, -0.2) is 8.78 Å². The molecule has 0 aliphatic carbocycles. The van der Waals surface area contributed by atoms with Crippen LogP contribution in [0.25, 0.3) is 0 Å². The van der Waals surface area contributed by atoms with Crippen molar-refractivity contribution in [2.75, 3.05) is 0 Å². The Kier molecular flexibility index (Phi) is 3.95. The largest absolute Gasteiger partial charge is 0.294 e. The third-order valence-electron chi connectivity index (χ3n) is 2.38. The summed E-state index contributed by atoms with van der Waals surface area (Å²) >= 11 is 0. The number of hydrogen-bond donors (Lipinski definition) is 0. The van der Waals surface area contributed by atoms with E-state index in [1.807, 2.05) is 6.92 Å². The van der Waals surface area contributed by atoms with Crippen molar-refractivity contribution in [2.24, 2.45) is 5.92 Å². The molecule has 3 heteroatoms. The summed E-state index contributed by atoms with van der Waals surface area (Å²) in [6, 6.07) is 3.47. The Labute approximate surface area is 88.1 Å². The second-order valence-electron chi connectivity index (χ2n) is 3.65. The van der Waals surface area contributed by atoms with Gasteiger partial charge in [0.25, 0.3) is 0 Å². The Hall–Kier alpha value is -1.25. The monoisotopic (exact) mass is 212 g/mol. The summed E-state index contributed by atoms with van der Waals surface area (Å²) in [4.78, 5) is 11.7. The fourth-order valence-electron chi connectivity index (χ4n) is 1.54. The second-order valence-corrected chi connectivity index (χ2v) is 3.65. The molecule has 0 fully saturated rings.